The highest BCUT2D eigenvalue weighted by Crippen LogP contribution is 2.41. The van der Waals surface area contributed by atoms with Gasteiger partial charge in [0.05, 0.1) is 5.56 Å². The van der Waals surface area contributed by atoms with E-state index in [1.165, 1.54) is 12.1 Å². The van der Waals surface area contributed by atoms with Crippen LogP contribution in [0, 0.1) is 13.8 Å². The van der Waals surface area contributed by atoms with Crippen LogP contribution in [0.15, 0.2) is 60.7 Å². The van der Waals surface area contributed by atoms with Crippen LogP contribution in [0.25, 0.3) is 0 Å². The van der Waals surface area contributed by atoms with Gasteiger partial charge in [-0.25, -0.2) is 14.8 Å². The standard InChI is InChI=1S/C26H27F3N2O4/c1-4-5-15-34-25(19-9-7-6-8-10-19,20-11-13-21(14-12-20)26(27,28)29)22(23(32)33)35-24-30-17(2)16-18(3)31-24/h6-14,16,22H,4-5,15H2,1-3H3,(H,32,33). The molecule has 0 spiro atoms. The Labute approximate surface area is 201 Å². The van der Waals surface area contributed by atoms with Crippen LogP contribution in [0.1, 0.15) is 47.8 Å². The summed E-state index contributed by atoms with van der Waals surface area (Å²) in [6.45, 7) is 5.53. The first-order chi connectivity index (χ1) is 16.6. The molecule has 2 atom stereocenters. The molecule has 0 aliphatic rings. The van der Waals surface area contributed by atoms with Crippen molar-refractivity contribution in [1.82, 2.24) is 9.97 Å². The van der Waals surface area contributed by atoms with Gasteiger partial charge in [-0.3, -0.25) is 0 Å². The molecule has 0 aliphatic carbocycles. The number of aromatic nitrogens is 2. The number of aliphatic carboxylic acids is 1. The number of nitrogens with zero attached hydrogens (tertiary/aromatic N) is 2. The molecule has 0 bridgehead atoms. The van der Waals surface area contributed by atoms with Crippen LogP contribution in [0.2, 0.25) is 0 Å². The van der Waals surface area contributed by atoms with Crippen LogP contribution in [0.3, 0.4) is 0 Å². The van der Waals surface area contributed by atoms with Gasteiger partial charge in [0.2, 0.25) is 6.10 Å². The predicted octanol–water partition coefficient (Wildman–Crippen LogP) is 5.70. The molecule has 9 heteroatoms. The number of alkyl halides is 3. The van der Waals surface area contributed by atoms with Crippen molar-refractivity contribution in [1.29, 1.82) is 0 Å². The minimum absolute atomic E-state index is 0.146. The number of hydrogen-bond acceptors (Lipinski definition) is 5. The van der Waals surface area contributed by atoms with Gasteiger partial charge in [0.15, 0.2) is 5.60 Å². The van der Waals surface area contributed by atoms with Gasteiger partial charge in [0, 0.05) is 18.0 Å². The molecule has 0 amide bonds. The van der Waals surface area contributed by atoms with Crippen molar-refractivity contribution in [3.63, 3.8) is 0 Å². The number of benzene rings is 2. The molecule has 186 valence electrons. The van der Waals surface area contributed by atoms with Crippen LogP contribution in [0.5, 0.6) is 6.01 Å². The first kappa shape index (κ1) is 26.2. The topological polar surface area (TPSA) is 81.5 Å². The summed E-state index contributed by atoms with van der Waals surface area (Å²) in [5.74, 6) is -1.38. The van der Waals surface area contributed by atoms with Gasteiger partial charge >= 0.3 is 18.2 Å². The van der Waals surface area contributed by atoms with E-state index in [-0.39, 0.29) is 18.2 Å². The predicted molar refractivity (Wildman–Crippen MR) is 123 cm³/mol. The van der Waals surface area contributed by atoms with E-state index in [4.69, 9.17) is 9.47 Å². The average Bonchev–Trinajstić information content (AvgIpc) is 2.80. The van der Waals surface area contributed by atoms with Gasteiger partial charge in [-0.1, -0.05) is 55.8 Å². The monoisotopic (exact) mass is 488 g/mol. The lowest BCUT2D eigenvalue weighted by molar-refractivity contribution is -0.164. The molecule has 2 aromatic carbocycles. The number of carbonyl (C=O) groups is 1. The molecule has 3 aromatic rings. The molecule has 1 aromatic heterocycles. The molecule has 35 heavy (non-hydrogen) atoms. The molecular weight excluding hydrogens is 461 g/mol. The van der Waals surface area contributed by atoms with E-state index in [9.17, 15) is 23.1 Å². The van der Waals surface area contributed by atoms with E-state index >= 15 is 0 Å². The number of unbranched alkanes of at least 4 members (excludes halogenated alkanes) is 1. The SMILES string of the molecule is CCCCOC(c1ccccc1)(c1ccc(C(F)(F)F)cc1)C(Oc1nc(C)cc(C)n1)C(=O)O. The molecule has 0 fully saturated rings. The number of halogens is 3. The highest BCUT2D eigenvalue weighted by atomic mass is 19.4. The van der Waals surface area contributed by atoms with Crippen LogP contribution < -0.4 is 4.74 Å². The number of hydrogen-bond donors (Lipinski definition) is 1. The highest BCUT2D eigenvalue weighted by molar-refractivity contribution is 5.76. The van der Waals surface area contributed by atoms with Crippen LogP contribution >= 0.6 is 0 Å². The van der Waals surface area contributed by atoms with Crippen molar-refractivity contribution in [3.05, 3.63) is 88.7 Å². The second kappa shape index (κ2) is 10.9. The van der Waals surface area contributed by atoms with Crippen molar-refractivity contribution in [3.8, 4) is 6.01 Å². The zero-order valence-corrected chi connectivity index (χ0v) is 19.7. The fourth-order valence-corrected chi connectivity index (χ4v) is 3.84. The smallest absolute Gasteiger partial charge is 0.416 e. The lowest BCUT2D eigenvalue weighted by atomic mass is 9.80. The maximum Gasteiger partial charge on any atom is 0.416 e. The third-order valence-electron chi connectivity index (χ3n) is 5.45. The summed E-state index contributed by atoms with van der Waals surface area (Å²) in [7, 11) is 0. The Balaban J connectivity index is 2.24. The fourth-order valence-electron chi connectivity index (χ4n) is 3.84. The first-order valence-electron chi connectivity index (χ1n) is 11.2. The van der Waals surface area contributed by atoms with E-state index < -0.39 is 29.4 Å². The third kappa shape index (κ3) is 5.97. The Hall–Kier alpha value is -3.46. The van der Waals surface area contributed by atoms with E-state index in [0.29, 0.717) is 23.4 Å². The maximum absolute atomic E-state index is 13.3. The summed E-state index contributed by atoms with van der Waals surface area (Å²) in [6, 6.07) is 14.3. The zero-order chi connectivity index (χ0) is 25.6. The van der Waals surface area contributed by atoms with Gasteiger partial charge in [-0.15, -0.1) is 0 Å². The second-order valence-electron chi connectivity index (χ2n) is 8.15. The maximum atomic E-state index is 13.3. The minimum Gasteiger partial charge on any atom is -0.478 e. The lowest BCUT2D eigenvalue weighted by Crippen LogP contribution is -2.51. The van der Waals surface area contributed by atoms with E-state index in [2.05, 4.69) is 9.97 Å². The number of carboxylic acid groups (broad SMARTS) is 1. The first-order valence-corrected chi connectivity index (χ1v) is 11.2. The van der Waals surface area contributed by atoms with E-state index in [1.807, 2.05) is 6.92 Å². The lowest BCUT2D eigenvalue weighted by Gasteiger charge is -2.39. The Morgan fingerprint density at radius 1 is 0.943 bits per heavy atom. The summed E-state index contributed by atoms with van der Waals surface area (Å²) >= 11 is 0. The Morgan fingerprint density at radius 2 is 1.49 bits per heavy atom. The third-order valence-corrected chi connectivity index (χ3v) is 5.45. The van der Waals surface area contributed by atoms with Crippen LogP contribution in [-0.4, -0.2) is 33.8 Å². The van der Waals surface area contributed by atoms with E-state index in [0.717, 1.165) is 18.6 Å². The van der Waals surface area contributed by atoms with Gasteiger partial charge < -0.3 is 14.6 Å². The van der Waals surface area contributed by atoms with Crippen molar-refractivity contribution < 1.29 is 32.5 Å². The van der Waals surface area contributed by atoms with Crippen molar-refractivity contribution in [2.24, 2.45) is 0 Å². The fraction of sp³-hybridized carbons (Fsp3) is 0.346. The summed E-state index contributed by atoms with van der Waals surface area (Å²) in [6.07, 6.45) is -4.90. The molecule has 0 radical (unpaired) electrons. The molecule has 3 rings (SSSR count). The molecule has 6 nitrogen and oxygen atoms in total. The molecule has 2 unspecified atom stereocenters. The van der Waals surface area contributed by atoms with Crippen LogP contribution in [0.4, 0.5) is 13.2 Å². The Morgan fingerprint density at radius 3 is 2.00 bits per heavy atom. The summed E-state index contributed by atoms with van der Waals surface area (Å²) < 4.78 is 52.0. The summed E-state index contributed by atoms with van der Waals surface area (Å²) in [5.41, 5.74) is -0.890. The van der Waals surface area contributed by atoms with Gasteiger partial charge in [0.1, 0.15) is 0 Å². The number of ether oxygens (including phenoxy) is 2. The molecule has 1 heterocycles. The van der Waals surface area contributed by atoms with Gasteiger partial charge in [-0.2, -0.15) is 13.2 Å². The minimum atomic E-state index is -4.55. The van der Waals surface area contributed by atoms with E-state index in [1.54, 1.807) is 50.2 Å². The average molecular weight is 489 g/mol. The Bertz CT molecular complexity index is 1120. The molecule has 0 saturated carbocycles. The second-order valence-corrected chi connectivity index (χ2v) is 8.15. The molecular formula is C26H27F3N2O4. The highest BCUT2D eigenvalue weighted by Gasteiger charge is 2.50. The van der Waals surface area contributed by atoms with Crippen molar-refractivity contribution in [2.45, 2.75) is 51.5 Å². The quantitative estimate of drug-likeness (QED) is 0.369. The van der Waals surface area contributed by atoms with Crippen molar-refractivity contribution in [2.75, 3.05) is 6.61 Å². The Kier molecular flexibility index (Phi) is 8.11. The normalized spacial score (nSPS) is 14.2. The molecule has 1 N–H and O–H groups in total. The number of carboxylic acids is 1. The summed E-state index contributed by atoms with van der Waals surface area (Å²) in [4.78, 5) is 21.1. The van der Waals surface area contributed by atoms with Gasteiger partial charge in [-0.05, 0) is 49.6 Å². The molecule has 0 saturated heterocycles. The summed E-state index contributed by atoms with van der Waals surface area (Å²) in [5, 5.41) is 10.3. The van der Waals surface area contributed by atoms with Gasteiger partial charge in [0.25, 0.3) is 0 Å². The zero-order valence-electron chi connectivity index (χ0n) is 19.7. The van der Waals surface area contributed by atoms with Crippen molar-refractivity contribution >= 4 is 5.97 Å². The van der Waals surface area contributed by atoms with Crippen LogP contribution in [-0.2, 0) is 21.3 Å². The molecule has 0 aliphatic heterocycles. The number of aryl methyl sites for hydroxylation is 2. The number of rotatable bonds is 10. The largest absolute Gasteiger partial charge is 0.478 e.